The van der Waals surface area contributed by atoms with Gasteiger partial charge in [0, 0.05) is 12.2 Å². The summed E-state index contributed by atoms with van der Waals surface area (Å²) in [5.74, 6) is 0.0716. The summed E-state index contributed by atoms with van der Waals surface area (Å²) in [6.07, 6.45) is 1.58. The zero-order chi connectivity index (χ0) is 17.7. The lowest BCUT2D eigenvalue weighted by atomic mass is 9.86. The molecule has 1 fully saturated rings. The van der Waals surface area contributed by atoms with Gasteiger partial charge in [-0.25, -0.2) is 0 Å². The molecule has 4 heteroatoms. The summed E-state index contributed by atoms with van der Waals surface area (Å²) < 4.78 is 0. The summed E-state index contributed by atoms with van der Waals surface area (Å²) in [6.45, 7) is 6.47. The maximum absolute atomic E-state index is 13.2. The van der Waals surface area contributed by atoms with E-state index in [1.807, 2.05) is 50.2 Å². The minimum atomic E-state index is -0.532. The molecule has 2 aromatic carbocycles. The van der Waals surface area contributed by atoms with E-state index in [1.165, 1.54) is 5.56 Å². The molecule has 0 unspecified atom stereocenters. The number of nitrogens with one attached hydrogen (secondary N) is 3. The first kappa shape index (κ1) is 17.6. The first-order valence-corrected chi connectivity index (χ1v) is 8.98. The average Bonchev–Trinajstić information content (AvgIpc) is 2.64. The van der Waals surface area contributed by atoms with Gasteiger partial charge in [0.25, 0.3) is 0 Å². The minimum absolute atomic E-state index is 0.0716. The predicted molar refractivity (Wildman–Crippen MR) is 103 cm³/mol. The molecule has 25 heavy (non-hydrogen) atoms. The van der Waals surface area contributed by atoms with E-state index < -0.39 is 5.54 Å². The standard InChI is InChI=1S/C21H27N3O/c1-16-7-6-8-17(2)19(16)24-20(25)21(11-13-22-14-12-21)23-15-18-9-4-3-5-10-18/h3-10,22-23H,11-15H2,1-2H3,(H,24,25). The van der Waals surface area contributed by atoms with Gasteiger partial charge in [-0.05, 0) is 56.5 Å². The van der Waals surface area contributed by atoms with E-state index >= 15 is 0 Å². The van der Waals surface area contributed by atoms with Gasteiger partial charge in [0.2, 0.25) is 5.91 Å². The molecule has 1 aliphatic heterocycles. The highest BCUT2D eigenvalue weighted by molar-refractivity contribution is 5.99. The number of benzene rings is 2. The fraction of sp³-hybridized carbons (Fsp3) is 0.381. The van der Waals surface area contributed by atoms with Crippen molar-refractivity contribution in [2.75, 3.05) is 18.4 Å². The number of rotatable bonds is 5. The molecule has 0 bridgehead atoms. The Labute approximate surface area is 150 Å². The molecule has 0 aromatic heterocycles. The van der Waals surface area contributed by atoms with Crippen LogP contribution in [0.3, 0.4) is 0 Å². The molecule has 3 N–H and O–H groups in total. The van der Waals surface area contributed by atoms with E-state index in [1.54, 1.807) is 0 Å². The van der Waals surface area contributed by atoms with Crippen molar-refractivity contribution in [2.24, 2.45) is 0 Å². The second-order valence-electron chi connectivity index (χ2n) is 6.89. The number of carbonyl (C=O) groups excluding carboxylic acids is 1. The van der Waals surface area contributed by atoms with Crippen LogP contribution in [-0.2, 0) is 11.3 Å². The Morgan fingerprint density at radius 2 is 1.64 bits per heavy atom. The molecule has 2 aromatic rings. The van der Waals surface area contributed by atoms with Crippen LogP contribution in [0.5, 0.6) is 0 Å². The van der Waals surface area contributed by atoms with Crippen LogP contribution in [0, 0.1) is 13.8 Å². The van der Waals surface area contributed by atoms with E-state index in [4.69, 9.17) is 0 Å². The molecule has 1 saturated heterocycles. The molecule has 3 rings (SSSR count). The lowest BCUT2D eigenvalue weighted by molar-refractivity contribution is -0.123. The van der Waals surface area contributed by atoms with E-state index in [9.17, 15) is 4.79 Å². The van der Waals surface area contributed by atoms with E-state index in [2.05, 4.69) is 28.1 Å². The maximum Gasteiger partial charge on any atom is 0.244 e. The molecule has 4 nitrogen and oxygen atoms in total. The molecule has 0 atom stereocenters. The van der Waals surface area contributed by atoms with Crippen molar-refractivity contribution in [3.8, 4) is 0 Å². The lowest BCUT2D eigenvalue weighted by Crippen LogP contribution is -2.59. The van der Waals surface area contributed by atoms with Gasteiger partial charge in [-0.15, -0.1) is 0 Å². The quantitative estimate of drug-likeness (QED) is 0.785. The second-order valence-corrected chi connectivity index (χ2v) is 6.89. The summed E-state index contributed by atoms with van der Waals surface area (Å²) >= 11 is 0. The molecule has 1 amide bonds. The van der Waals surface area contributed by atoms with Crippen molar-refractivity contribution in [1.82, 2.24) is 10.6 Å². The Balaban J connectivity index is 1.78. The summed E-state index contributed by atoms with van der Waals surface area (Å²) in [6, 6.07) is 16.3. The van der Waals surface area contributed by atoms with Crippen molar-refractivity contribution in [2.45, 2.75) is 38.8 Å². The number of aryl methyl sites for hydroxylation is 2. The zero-order valence-corrected chi connectivity index (χ0v) is 15.1. The van der Waals surface area contributed by atoms with Crippen LogP contribution in [0.1, 0.15) is 29.5 Å². The van der Waals surface area contributed by atoms with Crippen molar-refractivity contribution in [3.05, 3.63) is 65.2 Å². The fourth-order valence-electron chi connectivity index (χ4n) is 3.45. The van der Waals surface area contributed by atoms with Gasteiger partial charge in [-0.3, -0.25) is 10.1 Å². The first-order chi connectivity index (χ1) is 12.1. The Bertz CT molecular complexity index is 701. The smallest absolute Gasteiger partial charge is 0.244 e. The van der Waals surface area contributed by atoms with Gasteiger partial charge in [-0.1, -0.05) is 48.5 Å². The van der Waals surface area contributed by atoms with Crippen LogP contribution >= 0.6 is 0 Å². The normalized spacial score (nSPS) is 16.4. The van der Waals surface area contributed by atoms with Crippen LogP contribution in [0.4, 0.5) is 5.69 Å². The van der Waals surface area contributed by atoms with E-state index in [0.717, 1.165) is 42.7 Å². The average molecular weight is 337 g/mol. The molecular weight excluding hydrogens is 310 g/mol. The molecule has 1 aliphatic rings. The molecular formula is C21H27N3O. The number of amides is 1. The summed E-state index contributed by atoms with van der Waals surface area (Å²) in [5.41, 5.74) is 3.80. The third-order valence-electron chi connectivity index (χ3n) is 5.09. The number of piperidine rings is 1. The number of hydrogen-bond acceptors (Lipinski definition) is 3. The zero-order valence-electron chi connectivity index (χ0n) is 15.1. The Hall–Kier alpha value is -2.17. The number of anilines is 1. The second kappa shape index (κ2) is 7.81. The molecule has 0 spiro atoms. The van der Waals surface area contributed by atoms with Gasteiger partial charge in [0.1, 0.15) is 5.54 Å². The van der Waals surface area contributed by atoms with Gasteiger partial charge in [-0.2, -0.15) is 0 Å². The number of carbonyl (C=O) groups is 1. The van der Waals surface area contributed by atoms with E-state index in [-0.39, 0.29) is 5.91 Å². The molecule has 132 valence electrons. The van der Waals surface area contributed by atoms with Gasteiger partial charge >= 0.3 is 0 Å². The number of para-hydroxylation sites is 1. The van der Waals surface area contributed by atoms with Gasteiger partial charge in [0.05, 0.1) is 0 Å². The van der Waals surface area contributed by atoms with E-state index in [0.29, 0.717) is 6.54 Å². The SMILES string of the molecule is Cc1cccc(C)c1NC(=O)C1(NCc2ccccc2)CCNCC1. The van der Waals surface area contributed by atoms with Crippen LogP contribution < -0.4 is 16.0 Å². The Morgan fingerprint density at radius 3 is 2.28 bits per heavy atom. The third kappa shape index (κ3) is 4.09. The minimum Gasteiger partial charge on any atom is -0.324 e. The van der Waals surface area contributed by atoms with Crippen molar-refractivity contribution < 1.29 is 4.79 Å². The van der Waals surface area contributed by atoms with Gasteiger partial charge < -0.3 is 10.6 Å². The molecule has 0 radical (unpaired) electrons. The molecule has 0 saturated carbocycles. The monoisotopic (exact) mass is 337 g/mol. The van der Waals surface area contributed by atoms with Crippen molar-refractivity contribution >= 4 is 11.6 Å². The van der Waals surface area contributed by atoms with Crippen LogP contribution in [-0.4, -0.2) is 24.5 Å². The summed E-state index contributed by atoms with van der Waals surface area (Å²) in [7, 11) is 0. The Morgan fingerprint density at radius 1 is 1.00 bits per heavy atom. The predicted octanol–water partition coefficient (Wildman–Crippen LogP) is 3.15. The summed E-state index contributed by atoms with van der Waals surface area (Å²) in [5, 5.41) is 10.1. The third-order valence-corrected chi connectivity index (χ3v) is 5.09. The van der Waals surface area contributed by atoms with Crippen molar-refractivity contribution in [1.29, 1.82) is 0 Å². The lowest BCUT2D eigenvalue weighted by Gasteiger charge is -2.37. The molecule has 0 aliphatic carbocycles. The maximum atomic E-state index is 13.2. The van der Waals surface area contributed by atoms with Crippen LogP contribution in [0.15, 0.2) is 48.5 Å². The fourth-order valence-corrected chi connectivity index (χ4v) is 3.45. The highest BCUT2D eigenvalue weighted by Gasteiger charge is 2.39. The van der Waals surface area contributed by atoms with Crippen LogP contribution in [0.2, 0.25) is 0 Å². The highest BCUT2D eigenvalue weighted by Crippen LogP contribution is 2.25. The van der Waals surface area contributed by atoms with Crippen LogP contribution in [0.25, 0.3) is 0 Å². The van der Waals surface area contributed by atoms with Gasteiger partial charge in [0.15, 0.2) is 0 Å². The highest BCUT2D eigenvalue weighted by atomic mass is 16.2. The topological polar surface area (TPSA) is 53.2 Å². The summed E-state index contributed by atoms with van der Waals surface area (Å²) in [4.78, 5) is 13.2. The largest absolute Gasteiger partial charge is 0.324 e. The van der Waals surface area contributed by atoms with Crippen molar-refractivity contribution in [3.63, 3.8) is 0 Å². The Kier molecular flexibility index (Phi) is 5.51. The molecule has 1 heterocycles. The first-order valence-electron chi connectivity index (χ1n) is 8.98. The number of hydrogen-bond donors (Lipinski definition) is 3.